The Bertz CT molecular complexity index is 515. The van der Waals surface area contributed by atoms with E-state index in [0.29, 0.717) is 18.2 Å². The summed E-state index contributed by atoms with van der Waals surface area (Å²) in [5, 5.41) is 22.6. The second kappa shape index (κ2) is 11.4. The van der Waals surface area contributed by atoms with E-state index >= 15 is 0 Å². The van der Waals surface area contributed by atoms with Crippen LogP contribution in [0, 0.1) is 13.8 Å². The molecule has 0 fully saturated rings. The number of aliphatic carboxylic acids is 2. The van der Waals surface area contributed by atoms with E-state index in [4.69, 9.17) is 28.2 Å². The van der Waals surface area contributed by atoms with Crippen molar-refractivity contribution in [3.8, 4) is 0 Å². The van der Waals surface area contributed by atoms with E-state index in [2.05, 4.69) is 36.6 Å². The Morgan fingerprint density at radius 2 is 1.61 bits per heavy atom. The summed E-state index contributed by atoms with van der Waals surface area (Å²) >= 11 is 5.14. The average Bonchev–Trinajstić information content (AvgIpc) is 2.47. The molecule has 0 aliphatic carbocycles. The summed E-state index contributed by atoms with van der Waals surface area (Å²) in [5.74, 6) is -2.15. The molecule has 0 aliphatic heterocycles. The van der Waals surface area contributed by atoms with E-state index in [1.165, 1.54) is 11.1 Å². The Morgan fingerprint density at radius 3 is 2.00 bits per heavy atom. The SMILES string of the molecule is Cc1cccc(C)c1NC(=S)NCCN.O=C(O)CCC(=O)O. The van der Waals surface area contributed by atoms with Crippen molar-refractivity contribution in [2.45, 2.75) is 26.7 Å². The zero-order chi connectivity index (χ0) is 17.8. The molecule has 128 valence electrons. The number of anilines is 1. The quantitative estimate of drug-likeness (QED) is 0.493. The molecule has 1 aromatic rings. The molecular formula is C15H23N3O4S. The van der Waals surface area contributed by atoms with Gasteiger partial charge in [0.2, 0.25) is 0 Å². The van der Waals surface area contributed by atoms with Gasteiger partial charge in [-0.25, -0.2) is 0 Å². The lowest BCUT2D eigenvalue weighted by Crippen LogP contribution is -2.33. The number of benzene rings is 1. The molecule has 7 nitrogen and oxygen atoms in total. The van der Waals surface area contributed by atoms with Crippen LogP contribution >= 0.6 is 12.2 Å². The molecule has 0 aliphatic rings. The van der Waals surface area contributed by atoms with Crippen molar-refractivity contribution in [2.75, 3.05) is 18.4 Å². The Morgan fingerprint density at radius 1 is 1.13 bits per heavy atom. The van der Waals surface area contributed by atoms with Gasteiger partial charge >= 0.3 is 11.9 Å². The van der Waals surface area contributed by atoms with Crippen LogP contribution < -0.4 is 16.4 Å². The first kappa shape index (κ1) is 20.8. The second-order valence-electron chi connectivity index (χ2n) is 4.72. The number of nitrogens with one attached hydrogen (secondary N) is 2. The first-order chi connectivity index (χ1) is 10.8. The molecule has 0 saturated heterocycles. The van der Waals surface area contributed by atoms with Crippen molar-refractivity contribution in [1.82, 2.24) is 5.32 Å². The van der Waals surface area contributed by atoms with Gasteiger partial charge in [0.05, 0.1) is 12.8 Å². The lowest BCUT2D eigenvalue weighted by molar-refractivity contribution is -0.143. The lowest BCUT2D eigenvalue weighted by Gasteiger charge is -2.14. The Kier molecular flexibility index (Phi) is 10.3. The molecular weight excluding hydrogens is 318 g/mol. The van der Waals surface area contributed by atoms with Crippen LogP contribution in [0.4, 0.5) is 5.69 Å². The summed E-state index contributed by atoms with van der Waals surface area (Å²) in [6.45, 7) is 5.38. The van der Waals surface area contributed by atoms with Crippen LogP contribution in [0.2, 0.25) is 0 Å². The zero-order valence-corrected chi connectivity index (χ0v) is 14.1. The minimum atomic E-state index is -1.08. The van der Waals surface area contributed by atoms with E-state index in [-0.39, 0.29) is 12.8 Å². The van der Waals surface area contributed by atoms with Crippen molar-refractivity contribution >= 4 is 35.0 Å². The fraction of sp³-hybridized carbons (Fsp3) is 0.400. The van der Waals surface area contributed by atoms with Gasteiger partial charge in [0.15, 0.2) is 5.11 Å². The first-order valence-electron chi connectivity index (χ1n) is 7.02. The number of nitrogens with two attached hydrogens (primary N) is 1. The molecule has 8 heteroatoms. The predicted octanol–water partition coefficient (Wildman–Crippen LogP) is 1.48. The van der Waals surface area contributed by atoms with Crippen molar-refractivity contribution in [3.05, 3.63) is 29.3 Å². The minimum Gasteiger partial charge on any atom is -0.481 e. The number of rotatable bonds is 6. The maximum Gasteiger partial charge on any atom is 0.303 e. The molecule has 6 N–H and O–H groups in total. The Labute approximate surface area is 140 Å². The number of para-hydroxylation sites is 1. The van der Waals surface area contributed by atoms with Crippen molar-refractivity contribution < 1.29 is 19.8 Å². The third-order valence-corrected chi connectivity index (χ3v) is 2.95. The molecule has 0 unspecified atom stereocenters. The highest BCUT2D eigenvalue weighted by molar-refractivity contribution is 7.80. The molecule has 0 bridgehead atoms. The smallest absolute Gasteiger partial charge is 0.303 e. The van der Waals surface area contributed by atoms with Crippen LogP contribution in [0.15, 0.2) is 18.2 Å². The number of hydrogen-bond donors (Lipinski definition) is 5. The van der Waals surface area contributed by atoms with Gasteiger partial charge in [0.25, 0.3) is 0 Å². The molecule has 0 aromatic heterocycles. The predicted molar refractivity (Wildman–Crippen MR) is 93.7 cm³/mol. The van der Waals surface area contributed by atoms with E-state index in [0.717, 1.165) is 5.69 Å². The van der Waals surface area contributed by atoms with Gasteiger partial charge in [0.1, 0.15) is 0 Å². The van der Waals surface area contributed by atoms with Crippen molar-refractivity contribution in [2.24, 2.45) is 5.73 Å². The molecule has 0 amide bonds. The average molecular weight is 341 g/mol. The van der Waals surface area contributed by atoms with Crippen molar-refractivity contribution in [1.29, 1.82) is 0 Å². The normalized spacial score (nSPS) is 9.35. The largest absolute Gasteiger partial charge is 0.481 e. The number of aryl methyl sites for hydroxylation is 2. The van der Waals surface area contributed by atoms with Crippen LogP contribution in [-0.4, -0.2) is 40.4 Å². The second-order valence-corrected chi connectivity index (χ2v) is 5.13. The van der Waals surface area contributed by atoms with E-state index in [1.54, 1.807) is 0 Å². The fourth-order valence-corrected chi connectivity index (χ4v) is 1.77. The molecule has 0 atom stereocenters. The van der Waals surface area contributed by atoms with Gasteiger partial charge in [-0.15, -0.1) is 0 Å². The highest BCUT2D eigenvalue weighted by atomic mass is 32.1. The molecule has 23 heavy (non-hydrogen) atoms. The van der Waals surface area contributed by atoms with Gasteiger partial charge in [-0.2, -0.15) is 0 Å². The first-order valence-corrected chi connectivity index (χ1v) is 7.43. The number of carboxylic acid groups (broad SMARTS) is 2. The molecule has 0 spiro atoms. The summed E-state index contributed by atoms with van der Waals surface area (Å²) in [5.41, 5.74) is 8.83. The topological polar surface area (TPSA) is 125 Å². The van der Waals surface area contributed by atoms with E-state index < -0.39 is 11.9 Å². The summed E-state index contributed by atoms with van der Waals surface area (Å²) in [4.78, 5) is 19.3. The molecule has 0 saturated carbocycles. The number of carboxylic acids is 2. The Balaban J connectivity index is 0.000000515. The fourth-order valence-electron chi connectivity index (χ4n) is 1.57. The van der Waals surface area contributed by atoms with Crippen LogP contribution in [-0.2, 0) is 9.59 Å². The van der Waals surface area contributed by atoms with Gasteiger partial charge in [-0.1, -0.05) is 18.2 Å². The molecule has 1 rings (SSSR count). The van der Waals surface area contributed by atoms with Gasteiger partial charge < -0.3 is 26.6 Å². The lowest BCUT2D eigenvalue weighted by atomic mass is 10.1. The van der Waals surface area contributed by atoms with Crippen LogP contribution in [0.3, 0.4) is 0 Å². The number of thiocarbonyl (C=S) groups is 1. The molecule has 0 radical (unpaired) electrons. The zero-order valence-electron chi connectivity index (χ0n) is 13.3. The van der Waals surface area contributed by atoms with Crippen LogP contribution in [0.1, 0.15) is 24.0 Å². The third kappa shape index (κ3) is 10.2. The van der Waals surface area contributed by atoms with E-state index in [9.17, 15) is 9.59 Å². The summed E-state index contributed by atoms with van der Waals surface area (Å²) in [6, 6.07) is 6.15. The van der Waals surface area contributed by atoms with Crippen molar-refractivity contribution in [3.63, 3.8) is 0 Å². The monoisotopic (exact) mass is 341 g/mol. The van der Waals surface area contributed by atoms with Gasteiger partial charge in [0, 0.05) is 18.8 Å². The molecule has 1 aromatic carbocycles. The highest BCUT2D eigenvalue weighted by Crippen LogP contribution is 2.18. The van der Waals surface area contributed by atoms with E-state index in [1.807, 2.05) is 6.07 Å². The maximum atomic E-state index is 9.64. The minimum absolute atomic E-state index is 0.296. The Hall–Kier alpha value is -2.19. The third-order valence-electron chi connectivity index (χ3n) is 2.70. The number of hydrogen-bond acceptors (Lipinski definition) is 4. The van der Waals surface area contributed by atoms with Crippen LogP contribution in [0.5, 0.6) is 0 Å². The molecule has 0 heterocycles. The number of carbonyl (C=O) groups is 2. The maximum absolute atomic E-state index is 9.64. The van der Waals surface area contributed by atoms with Crippen LogP contribution in [0.25, 0.3) is 0 Å². The van der Waals surface area contributed by atoms with Gasteiger partial charge in [-0.05, 0) is 37.2 Å². The van der Waals surface area contributed by atoms with Gasteiger partial charge in [-0.3, -0.25) is 9.59 Å². The summed E-state index contributed by atoms with van der Waals surface area (Å²) < 4.78 is 0. The standard InChI is InChI=1S/C11H17N3S.C4H6O4/c1-8-4-3-5-9(2)10(8)14-11(15)13-7-6-12;5-3(6)1-2-4(7)8/h3-5H,6-7,12H2,1-2H3,(H2,13,14,15);1-2H2,(H,5,6)(H,7,8). The highest BCUT2D eigenvalue weighted by Gasteiger charge is 2.03. The summed E-state index contributed by atoms with van der Waals surface area (Å²) in [6.07, 6.45) is -0.593. The summed E-state index contributed by atoms with van der Waals surface area (Å²) in [7, 11) is 0.